The van der Waals surface area contributed by atoms with E-state index in [-0.39, 0.29) is 11.8 Å². The average Bonchev–Trinajstić information content (AvgIpc) is 2.88. The van der Waals surface area contributed by atoms with E-state index < -0.39 is 6.04 Å². The van der Waals surface area contributed by atoms with Gasteiger partial charge in [0.05, 0.1) is 12.2 Å². The van der Waals surface area contributed by atoms with E-state index in [0.717, 1.165) is 23.5 Å². The molecule has 0 saturated carbocycles. The Hall–Kier alpha value is -3.71. The predicted molar refractivity (Wildman–Crippen MR) is 133 cm³/mol. The van der Waals surface area contributed by atoms with Crippen molar-refractivity contribution in [3.63, 3.8) is 0 Å². The molecule has 0 spiro atoms. The SMILES string of the molecule is CNC(=O)C1CN(Cc2ccccc2)CCN1C(=O)c1ccc(C)c(NCc2ccccn2)c1. The molecule has 1 saturated heterocycles. The zero-order valence-electron chi connectivity index (χ0n) is 19.7. The Kier molecular flexibility index (Phi) is 7.54. The first kappa shape index (κ1) is 23.4. The number of aromatic nitrogens is 1. The summed E-state index contributed by atoms with van der Waals surface area (Å²) in [6.45, 7) is 5.03. The standard InChI is InChI=1S/C27H31N5O2/c1-20-11-12-22(16-24(20)30-17-23-10-6-7-13-29-23)27(34)32-15-14-31(19-25(32)26(33)28-2)18-21-8-4-3-5-9-21/h3-13,16,25,30H,14-15,17-19H2,1-2H3,(H,28,33). The van der Waals surface area contributed by atoms with Gasteiger partial charge in [-0.25, -0.2) is 0 Å². The molecule has 34 heavy (non-hydrogen) atoms. The third-order valence-corrected chi connectivity index (χ3v) is 6.19. The first-order valence-electron chi connectivity index (χ1n) is 11.6. The second kappa shape index (κ2) is 10.9. The summed E-state index contributed by atoms with van der Waals surface area (Å²) in [6.07, 6.45) is 1.76. The van der Waals surface area contributed by atoms with E-state index >= 15 is 0 Å². The van der Waals surface area contributed by atoms with Gasteiger partial charge in [0.2, 0.25) is 5.91 Å². The van der Waals surface area contributed by atoms with Crippen LogP contribution in [0.3, 0.4) is 0 Å². The van der Waals surface area contributed by atoms with E-state index in [2.05, 4.69) is 32.7 Å². The summed E-state index contributed by atoms with van der Waals surface area (Å²) in [5, 5.41) is 6.12. The van der Waals surface area contributed by atoms with Gasteiger partial charge in [-0.05, 0) is 42.3 Å². The highest BCUT2D eigenvalue weighted by Crippen LogP contribution is 2.22. The Morgan fingerprint density at radius 2 is 1.82 bits per heavy atom. The van der Waals surface area contributed by atoms with Crippen molar-refractivity contribution < 1.29 is 9.59 Å². The van der Waals surface area contributed by atoms with Gasteiger partial charge < -0.3 is 15.5 Å². The molecule has 1 aromatic heterocycles. The van der Waals surface area contributed by atoms with Crippen LogP contribution in [0.25, 0.3) is 0 Å². The van der Waals surface area contributed by atoms with E-state index in [9.17, 15) is 9.59 Å². The van der Waals surface area contributed by atoms with E-state index in [1.54, 1.807) is 18.1 Å². The highest BCUT2D eigenvalue weighted by atomic mass is 16.2. The summed E-state index contributed by atoms with van der Waals surface area (Å²) >= 11 is 0. The molecule has 1 atom stereocenters. The molecule has 7 heteroatoms. The summed E-state index contributed by atoms with van der Waals surface area (Å²) < 4.78 is 0. The molecule has 2 aromatic carbocycles. The normalized spacial score (nSPS) is 16.2. The monoisotopic (exact) mass is 457 g/mol. The van der Waals surface area contributed by atoms with Crippen LogP contribution in [-0.2, 0) is 17.9 Å². The molecule has 2 amide bonds. The van der Waals surface area contributed by atoms with Gasteiger partial charge in [0.15, 0.2) is 0 Å². The average molecular weight is 458 g/mol. The Labute approximate surface area is 200 Å². The first-order valence-corrected chi connectivity index (χ1v) is 11.6. The van der Waals surface area contributed by atoms with Crippen LogP contribution in [0, 0.1) is 6.92 Å². The number of nitrogens with one attached hydrogen (secondary N) is 2. The van der Waals surface area contributed by atoms with Crippen molar-refractivity contribution in [2.24, 2.45) is 0 Å². The molecule has 7 nitrogen and oxygen atoms in total. The van der Waals surface area contributed by atoms with Crippen LogP contribution in [0.2, 0.25) is 0 Å². The molecular formula is C27H31N5O2. The van der Waals surface area contributed by atoms with Gasteiger partial charge in [0.1, 0.15) is 6.04 Å². The minimum Gasteiger partial charge on any atom is -0.379 e. The van der Waals surface area contributed by atoms with Crippen molar-refractivity contribution in [1.29, 1.82) is 0 Å². The number of likely N-dealkylation sites (N-methyl/N-ethyl adjacent to an activating group) is 1. The zero-order chi connectivity index (χ0) is 23.9. The predicted octanol–water partition coefficient (Wildman–Crippen LogP) is 3.07. The number of benzene rings is 2. The number of piperazine rings is 1. The van der Waals surface area contributed by atoms with Gasteiger partial charge in [0, 0.05) is 50.7 Å². The number of carbonyl (C=O) groups excluding carboxylic acids is 2. The fraction of sp³-hybridized carbons (Fsp3) is 0.296. The fourth-order valence-electron chi connectivity index (χ4n) is 4.26. The number of anilines is 1. The molecule has 1 fully saturated rings. The van der Waals surface area contributed by atoms with Gasteiger partial charge in [-0.3, -0.25) is 19.5 Å². The molecule has 176 valence electrons. The number of nitrogens with zero attached hydrogens (tertiary/aromatic N) is 3. The van der Waals surface area contributed by atoms with E-state index in [0.29, 0.717) is 31.7 Å². The molecular weight excluding hydrogens is 426 g/mol. The maximum Gasteiger partial charge on any atom is 0.254 e. The first-order chi connectivity index (χ1) is 16.5. The van der Waals surface area contributed by atoms with Crippen LogP contribution in [-0.4, -0.2) is 59.3 Å². The molecule has 0 aliphatic carbocycles. The number of carbonyl (C=O) groups is 2. The lowest BCUT2D eigenvalue weighted by molar-refractivity contribution is -0.127. The number of hydrogen-bond donors (Lipinski definition) is 2. The Bertz CT molecular complexity index is 1120. The summed E-state index contributed by atoms with van der Waals surface area (Å²) in [5.74, 6) is -0.277. The van der Waals surface area contributed by atoms with Gasteiger partial charge >= 0.3 is 0 Å². The highest BCUT2D eigenvalue weighted by molar-refractivity contribution is 5.98. The molecule has 0 radical (unpaired) electrons. The van der Waals surface area contributed by atoms with Gasteiger partial charge in [-0.1, -0.05) is 42.5 Å². The number of pyridine rings is 1. The second-order valence-corrected chi connectivity index (χ2v) is 8.55. The number of amides is 2. The highest BCUT2D eigenvalue weighted by Gasteiger charge is 2.35. The van der Waals surface area contributed by atoms with Crippen LogP contribution >= 0.6 is 0 Å². The summed E-state index contributed by atoms with van der Waals surface area (Å²) in [4.78, 5) is 34.5. The van der Waals surface area contributed by atoms with Crippen molar-refractivity contribution in [2.75, 3.05) is 32.0 Å². The lowest BCUT2D eigenvalue weighted by atomic mass is 10.0. The van der Waals surface area contributed by atoms with Crippen LogP contribution in [0.1, 0.15) is 27.2 Å². The zero-order valence-corrected chi connectivity index (χ0v) is 19.7. The lowest BCUT2D eigenvalue weighted by Crippen LogP contribution is -2.60. The van der Waals surface area contributed by atoms with Gasteiger partial charge in [-0.15, -0.1) is 0 Å². The molecule has 1 aliphatic rings. The minimum atomic E-state index is -0.541. The van der Waals surface area contributed by atoms with E-state index in [1.165, 1.54) is 5.56 Å². The van der Waals surface area contributed by atoms with Crippen LogP contribution in [0.15, 0.2) is 72.9 Å². The molecule has 1 unspecified atom stereocenters. The molecule has 4 rings (SSSR count). The number of hydrogen-bond acceptors (Lipinski definition) is 5. The molecule has 2 N–H and O–H groups in total. The summed E-state index contributed by atoms with van der Waals surface area (Å²) in [7, 11) is 1.62. The van der Waals surface area contributed by atoms with Crippen LogP contribution in [0.5, 0.6) is 0 Å². The topological polar surface area (TPSA) is 77.6 Å². The van der Waals surface area contributed by atoms with Crippen molar-refractivity contribution in [3.8, 4) is 0 Å². The van der Waals surface area contributed by atoms with Gasteiger partial charge in [0.25, 0.3) is 5.91 Å². The molecule has 0 bridgehead atoms. The van der Waals surface area contributed by atoms with E-state index in [4.69, 9.17) is 0 Å². The smallest absolute Gasteiger partial charge is 0.254 e. The van der Waals surface area contributed by atoms with Crippen molar-refractivity contribution >= 4 is 17.5 Å². The summed E-state index contributed by atoms with van der Waals surface area (Å²) in [6, 6.07) is 21.1. The third kappa shape index (κ3) is 5.61. The second-order valence-electron chi connectivity index (χ2n) is 8.55. The van der Waals surface area contributed by atoms with Crippen LogP contribution in [0.4, 0.5) is 5.69 Å². The largest absolute Gasteiger partial charge is 0.379 e. The van der Waals surface area contributed by atoms with Crippen LogP contribution < -0.4 is 10.6 Å². The lowest BCUT2D eigenvalue weighted by Gasteiger charge is -2.40. The summed E-state index contributed by atoms with van der Waals surface area (Å²) in [5.41, 5.74) is 4.62. The quantitative estimate of drug-likeness (QED) is 0.570. The number of rotatable bonds is 7. The molecule has 1 aliphatic heterocycles. The van der Waals surface area contributed by atoms with Gasteiger partial charge in [-0.2, -0.15) is 0 Å². The van der Waals surface area contributed by atoms with Crippen molar-refractivity contribution in [2.45, 2.75) is 26.1 Å². The minimum absolute atomic E-state index is 0.131. The Balaban J connectivity index is 1.48. The third-order valence-electron chi connectivity index (χ3n) is 6.19. The fourth-order valence-corrected chi connectivity index (χ4v) is 4.26. The Morgan fingerprint density at radius 3 is 2.56 bits per heavy atom. The molecule has 3 aromatic rings. The molecule has 2 heterocycles. The van der Waals surface area contributed by atoms with Crippen molar-refractivity contribution in [3.05, 3.63) is 95.3 Å². The Morgan fingerprint density at radius 1 is 1.03 bits per heavy atom. The van der Waals surface area contributed by atoms with E-state index in [1.807, 2.05) is 61.5 Å². The maximum absolute atomic E-state index is 13.5. The maximum atomic E-state index is 13.5. The number of aryl methyl sites for hydroxylation is 1. The van der Waals surface area contributed by atoms with Crippen molar-refractivity contribution in [1.82, 2.24) is 20.1 Å².